The van der Waals surface area contributed by atoms with Gasteiger partial charge in [0.2, 0.25) is 0 Å². The lowest BCUT2D eigenvalue weighted by Crippen LogP contribution is -2.32. The number of hydrogen-bond donors (Lipinski definition) is 0. The molecule has 1 aliphatic carbocycles. The van der Waals surface area contributed by atoms with Gasteiger partial charge in [-0.1, -0.05) is 157 Å². The quantitative estimate of drug-likeness (QED) is 0.169. The van der Waals surface area contributed by atoms with Gasteiger partial charge in [-0.2, -0.15) is 0 Å². The third kappa shape index (κ3) is 5.28. The van der Waals surface area contributed by atoms with Crippen LogP contribution in [-0.2, 0) is 5.41 Å². The molecule has 0 bridgehead atoms. The molecule has 52 heavy (non-hydrogen) atoms. The number of fused-ring (bicyclic) bond motifs is 3. The molecule has 4 nitrogen and oxygen atoms in total. The van der Waals surface area contributed by atoms with Gasteiger partial charge in [-0.15, -0.1) is 0 Å². The summed E-state index contributed by atoms with van der Waals surface area (Å²) < 4.78 is 0. The van der Waals surface area contributed by atoms with Gasteiger partial charge in [-0.05, 0) is 78.1 Å². The van der Waals surface area contributed by atoms with Gasteiger partial charge in [0.1, 0.15) is 5.41 Å². The Kier molecular flexibility index (Phi) is 7.78. The molecule has 4 heteroatoms. The molecule has 9 rings (SSSR count). The highest BCUT2D eigenvalue weighted by Gasteiger charge is 2.49. The van der Waals surface area contributed by atoms with E-state index in [1.807, 2.05) is 36.4 Å². The molecule has 0 radical (unpaired) electrons. The summed E-state index contributed by atoms with van der Waals surface area (Å²) in [5, 5.41) is 0. The molecule has 0 spiro atoms. The summed E-state index contributed by atoms with van der Waals surface area (Å²) in [5.74, 6) is 1.98. The van der Waals surface area contributed by atoms with Crippen molar-refractivity contribution in [3.63, 3.8) is 0 Å². The predicted molar refractivity (Wildman–Crippen MR) is 212 cm³/mol. The zero-order chi connectivity index (χ0) is 35.1. The fraction of sp³-hybridized carbons (Fsp3) is 0.0625. The summed E-state index contributed by atoms with van der Waals surface area (Å²) in [6, 6.07) is 64.3. The Balaban J connectivity index is 1.30. The van der Waals surface area contributed by atoms with Gasteiger partial charge in [0.05, 0.1) is 0 Å². The second kappa shape index (κ2) is 12.9. The molecule has 0 saturated carbocycles. The number of aromatic nitrogens is 3. The molecule has 7 aromatic carbocycles. The van der Waals surface area contributed by atoms with Crippen molar-refractivity contribution >= 4 is 17.1 Å². The van der Waals surface area contributed by atoms with Gasteiger partial charge in [0.25, 0.3) is 0 Å². The van der Waals surface area contributed by atoms with Crippen LogP contribution in [0.1, 0.15) is 33.6 Å². The molecular weight excluding hydrogens is 633 g/mol. The van der Waals surface area contributed by atoms with Crippen LogP contribution in [0.4, 0.5) is 17.1 Å². The maximum atomic E-state index is 5.39. The van der Waals surface area contributed by atoms with Gasteiger partial charge >= 0.3 is 0 Å². The summed E-state index contributed by atoms with van der Waals surface area (Å²) in [5.41, 5.74) is 12.6. The van der Waals surface area contributed by atoms with Crippen LogP contribution in [0.15, 0.2) is 182 Å². The summed E-state index contributed by atoms with van der Waals surface area (Å²) in [7, 11) is 0. The summed E-state index contributed by atoms with van der Waals surface area (Å²) >= 11 is 0. The topological polar surface area (TPSA) is 41.9 Å². The zero-order valence-corrected chi connectivity index (χ0v) is 29.1. The Hall–Kier alpha value is -6.65. The minimum absolute atomic E-state index is 0.646. The standard InChI is InChI=1S/C48H36N4/c1-33-21-27-38(28-22-33)52(39-29-23-34(2)24-30-39)40-31-25-37(26-32-40)48(43-19-11-9-17-41(43)42-18-10-12-20-44(42)48)47-50-45(35-13-5-3-6-14-35)49-46(51-47)36-15-7-4-8-16-36/h3-32H,1-2H3. The van der Waals surface area contributed by atoms with E-state index in [0.717, 1.165) is 44.9 Å². The van der Waals surface area contributed by atoms with Crippen molar-refractivity contribution in [2.75, 3.05) is 4.90 Å². The van der Waals surface area contributed by atoms with Crippen LogP contribution in [0.5, 0.6) is 0 Å². The third-order valence-electron chi connectivity index (χ3n) is 10.1. The predicted octanol–water partition coefficient (Wildman–Crippen LogP) is 11.7. The van der Waals surface area contributed by atoms with Crippen molar-refractivity contribution in [1.82, 2.24) is 15.0 Å². The van der Waals surface area contributed by atoms with Crippen LogP contribution in [0.3, 0.4) is 0 Å². The van der Waals surface area contributed by atoms with Crippen molar-refractivity contribution in [3.05, 3.63) is 216 Å². The molecule has 0 aliphatic heterocycles. The van der Waals surface area contributed by atoms with E-state index in [4.69, 9.17) is 15.0 Å². The number of aryl methyl sites for hydroxylation is 2. The SMILES string of the molecule is Cc1ccc(N(c2ccc(C)cc2)c2ccc(C3(c4nc(-c5ccccc5)nc(-c5ccccc5)n4)c4ccccc4-c4ccccc43)cc2)cc1. The van der Waals surface area contributed by atoms with E-state index in [1.165, 1.54) is 22.3 Å². The monoisotopic (exact) mass is 668 g/mol. The second-order valence-electron chi connectivity index (χ2n) is 13.4. The van der Waals surface area contributed by atoms with Crippen molar-refractivity contribution < 1.29 is 0 Å². The molecule has 1 aromatic heterocycles. The maximum absolute atomic E-state index is 5.39. The minimum atomic E-state index is -0.805. The molecule has 0 saturated heterocycles. The smallest absolute Gasteiger partial charge is 0.163 e. The molecule has 1 aliphatic rings. The Bertz CT molecular complexity index is 2360. The van der Waals surface area contributed by atoms with E-state index < -0.39 is 5.41 Å². The maximum Gasteiger partial charge on any atom is 0.163 e. The van der Waals surface area contributed by atoms with Crippen LogP contribution in [-0.4, -0.2) is 15.0 Å². The molecule has 0 N–H and O–H groups in total. The van der Waals surface area contributed by atoms with Gasteiger partial charge in [-0.3, -0.25) is 0 Å². The summed E-state index contributed by atoms with van der Waals surface area (Å²) in [6.07, 6.45) is 0. The van der Waals surface area contributed by atoms with Crippen LogP contribution >= 0.6 is 0 Å². The number of hydrogen-bond acceptors (Lipinski definition) is 4. The molecule has 8 aromatic rings. The fourth-order valence-corrected chi connectivity index (χ4v) is 7.59. The van der Waals surface area contributed by atoms with Crippen molar-refractivity contribution in [2.45, 2.75) is 19.3 Å². The fourth-order valence-electron chi connectivity index (χ4n) is 7.59. The average molecular weight is 669 g/mol. The van der Waals surface area contributed by atoms with Gasteiger partial charge < -0.3 is 4.90 Å². The third-order valence-corrected chi connectivity index (χ3v) is 10.1. The molecular formula is C48H36N4. The number of rotatable bonds is 7. The molecule has 248 valence electrons. The Morgan fingerprint density at radius 3 is 1.21 bits per heavy atom. The van der Waals surface area contributed by atoms with E-state index in [9.17, 15) is 0 Å². The van der Waals surface area contributed by atoms with Crippen LogP contribution in [0.25, 0.3) is 33.9 Å². The highest BCUT2D eigenvalue weighted by Crippen LogP contribution is 2.55. The molecule has 1 heterocycles. The van der Waals surface area contributed by atoms with Gasteiger partial charge in [0, 0.05) is 28.2 Å². The Morgan fingerprint density at radius 1 is 0.385 bits per heavy atom. The van der Waals surface area contributed by atoms with Crippen LogP contribution < -0.4 is 4.90 Å². The first-order chi connectivity index (χ1) is 25.6. The van der Waals surface area contributed by atoms with Crippen molar-refractivity contribution in [1.29, 1.82) is 0 Å². The first-order valence-electron chi connectivity index (χ1n) is 17.7. The Morgan fingerprint density at radius 2 is 0.769 bits per heavy atom. The van der Waals surface area contributed by atoms with Crippen molar-refractivity contribution in [2.24, 2.45) is 0 Å². The lowest BCUT2D eigenvalue weighted by Gasteiger charge is -2.33. The lowest BCUT2D eigenvalue weighted by molar-refractivity contribution is 0.692. The number of benzene rings is 7. The largest absolute Gasteiger partial charge is 0.311 e. The van der Waals surface area contributed by atoms with E-state index >= 15 is 0 Å². The lowest BCUT2D eigenvalue weighted by atomic mass is 9.71. The van der Waals surface area contributed by atoms with Crippen molar-refractivity contribution in [3.8, 4) is 33.9 Å². The summed E-state index contributed by atoms with van der Waals surface area (Å²) in [4.78, 5) is 18.2. The normalized spacial score (nSPS) is 12.6. The average Bonchev–Trinajstić information content (AvgIpc) is 3.51. The van der Waals surface area contributed by atoms with E-state index in [0.29, 0.717) is 17.5 Å². The van der Waals surface area contributed by atoms with Crippen LogP contribution in [0, 0.1) is 13.8 Å². The minimum Gasteiger partial charge on any atom is -0.311 e. The highest BCUT2D eigenvalue weighted by atomic mass is 15.1. The second-order valence-corrected chi connectivity index (χ2v) is 13.4. The van der Waals surface area contributed by atoms with E-state index in [1.54, 1.807) is 0 Å². The van der Waals surface area contributed by atoms with E-state index in [2.05, 4.69) is 164 Å². The summed E-state index contributed by atoms with van der Waals surface area (Å²) in [6.45, 7) is 4.25. The van der Waals surface area contributed by atoms with Gasteiger partial charge in [-0.25, -0.2) is 15.0 Å². The number of anilines is 3. The van der Waals surface area contributed by atoms with E-state index in [-0.39, 0.29) is 0 Å². The van der Waals surface area contributed by atoms with Crippen LogP contribution in [0.2, 0.25) is 0 Å². The first-order valence-corrected chi connectivity index (χ1v) is 17.7. The number of nitrogens with zero attached hydrogens (tertiary/aromatic N) is 4. The zero-order valence-electron chi connectivity index (χ0n) is 29.1. The molecule has 0 unspecified atom stereocenters. The van der Waals surface area contributed by atoms with Gasteiger partial charge in [0.15, 0.2) is 17.5 Å². The highest BCUT2D eigenvalue weighted by molar-refractivity contribution is 5.86. The molecule has 0 atom stereocenters. The molecule has 0 fully saturated rings. The Labute approximate surface area is 304 Å². The molecule has 0 amide bonds. The first kappa shape index (κ1) is 31.3.